The summed E-state index contributed by atoms with van der Waals surface area (Å²) in [5.74, 6) is 0.624. The molecule has 1 aliphatic rings. The minimum Gasteiger partial charge on any atom is -0.355 e. The van der Waals surface area contributed by atoms with Crippen LogP contribution in [0.3, 0.4) is 0 Å². The standard InChI is InChI=1S/C23H33N5O2S.HI/c1-19-15-22(18-28(19)17-21-11-7-4-8-12-21)27-23(24-2)25-13-14-31(29,30)26-16-20-9-5-3-6-10-20;/h3-12,19,22,26H,13-18H2,1-2H3,(H2,24,25,27);1H. The van der Waals surface area contributed by atoms with Gasteiger partial charge >= 0.3 is 0 Å². The van der Waals surface area contributed by atoms with Crippen LogP contribution in [0.4, 0.5) is 0 Å². The van der Waals surface area contributed by atoms with E-state index in [1.54, 1.807) is 7.05 Å². The SMILES string of the molecule is CN=C(NCCS(=O)(=O)NCc1ccccc1)NC1CC(C)N(Cc2ccccc2)C1.I. The molecule has 1 aliphatic heterocycles. The third-order valence-electron chi connectivity index (χ3n) is 5.50. The lowest BCUT2D eigenvalue weighted by atomic mass is 10.2. The molecule has 2 atom stereocenters. The van der Waals surface area contributed by atoms with Crippen LogP contribution >= 0.6 is 24.0 Å². The van der Waals surface area contributed by atoms with Gasteiger partial charge in [-0.05, 0) is 24.5 Å². The molecule has 0 amide bonds. The Balaban J connectivity index is 0.00000363. The van der Waals surface area contributed by atoms with Crippen molar-refractivity contribution in [2.24, 2.45) is 4.99 Å². The molecule has 0 spiro atoms. The summed E-state index contributed by atoms with van der Waals surface area (Å²) < 4.78 is 27.2. The molecule has 7 nitrogen and oxygen atoms in total. The normalized spacial score (nSPS) is 19.4. The largest absolute Gasteiger partial charge is 0.355 e. The molecule has 9 heteroatoms. The second-order valence-corrected chi connectivity index (χ2v) is 9.89. The Labute approximate surface area is 209 Å². The molecule has 0 aromatic heterocycles. The summed E-state index contributed by atoms with van der Waals surface area (Å²) in [6.45, 7) is 4.68. The summed E-state index contributed by atoms with van der Waals surface area (Å²) in [4.78, 5) is 6.72. The molecular weight excluding hydrogens is 537 g/mol. The van der Waals surface area contributed by atoms with Gasteiger partial charge in [-0.3, -0.25) is 9.89 Å². The van der Waals surface area contributed by atoms with E-state index in [0.29, 0.717) is 25.1 Å². The molecule has 0 aliphatic carbocycles. The van der Waals surface area contributed by atoms with Crippen LogP contribution in [0.15, 0.2) is 65.7 Å². The predicted octanol–water partition coefficient (Wildman–Crippen LogP) is 2.55. The van der Waals surface area contributed by atoms with Crippen LogP contribution in [0.5, 0.6) is 0 Å². The topological polar surface area (TPSA) is 85.8 Å². The third-order valence-corrected chi connectivity index (χ3v) is 6.82. The number of nitrogens with one attached hydrogen (secondary N) is 3. The number of hydrogen-bond donors (Lipinski definition) is 3. The summed E-state index contributed by atoms with van der Waals surface area (Å²) in [5.41, 5.74) is 2.25. The molecule has 176 valence electrons. The number of rotatable bonds is 9. The van der Waals surface area contributed by atoms with Crippen molar-refractivity contribution in [3.63, 3.8) is 0 Å². The highest BCUT2D eigenvalue weighted by Gasteiger charge is 2.29. The average molecular weight is 572 g/mol. The molecule has 2 aromatic rings. The van der Waals surface area contributed by atoms with Crippen molar-refractivity contribution in [1.29, 1.82) is 0 Å². The van der Waals surface area contributed by atoms with E-state index in [-0.39, 0.29) is 35.8 Å². The Morgan fingerprint density at radius 3 is 2.31 bits per heavy atom. The fourth-order valence-corrected chi connectivity index (χ4v) is 4.70. The number of aliphatic imine (C=N–C) groups is 1. The van der Waals surface area contributed by atoms with Crippen LogP contribution in [0.2, 0.25) is 0 Å². The lowest BCUT2D eigenvalue weighted by Gasteiger charge is -2.21. The van der Waals surface area contributed by atoms with Gasteiger partial charge in [0.1, 0.15) is 0 Å². The van der Waals surface area contributed by atoms with Gasteiger partial charge in [-0.2, -0.15) is 0 Å². The fourth-order valence-electron chi connectivity index (χ4n) is 3.79. The maximum absolute atomic E-state index is 12.3. The quantitative estimate of drug-likeness (QED) is 0.245. The van der Waals surface area contributed by atoms with Crippen LogP contribution in [0, 0.1) is 0 Å². The van der Waals surface area contributed by atoms with Crippen molar-refractivity contribution in [2.45, 2.75) is 38.5 Å². The van der Waals surface area contributed by atoms with Gasteiger partial charge in [0, 0.05) is 45.3 Å². The highest BCUT2D eigenvalue weighted by Crippen LogP contribution is 2.20. The highest BCUT2D eigenvalue weighted by atomic mass is 127. The van der Waals surface area contributed by atoms with Gasteiger partial charge in [-0.15, -0.1) is 24.0 Å². The molecule has 2 aromatic carbocycles. The Morgan fingerprint density at radius 1 is 1.06 bits per heavy atom. The average Bonchev–Trinajstić information content (AvgIpc) is 3.11. The number of likely N-dealkylation sites (tertiary alicyclic amines) is 1. The monoisotopic (exact) mass is 571 g/mol. The fraction of sp³-hybridized carbons (Fsp3) is 0.435. The molecule has 1 fully saturated rings. The van der Waals surface area contributed by atoms with Crippen LogP contribution in [-0.4, -0.2) is 57.3 Å². The van der Waals surface area contributed by atoms with Crippen LogP contribution < -0.4 is 15.4 Å². The minimum absolute atomic E-state index is 0. The zero-order valence-electron chi connectivity index (χ0n) is 18.7. The Morgan fingerprint density at radius 2 is 1.69 bits per heavy atom. The second kappa shape index (κ2) is 13.1. The first-order valence-corrected chi connectivity index (χ1v) is 12.4. The maximum atomic E-state index is 12.3. The predicted molar refractivity (Wildman–Crippen MR) is 142 cm³/mol. The number of hydrogen-bond acceptors (Lipinski definition) is 4. The van der Waals surface area contributed by atoms with Crippen molar-refractivity contribution in [3.05, 3.63) is 71.8 Å². The number of nitrogens with zero attached hydrogens (tertiary/aromatic N) is 2. The first kappa shape index (κ1) is 26.6. The minimum atomic E-state index is -3.37. The second-order valence-electron chi connectivity index (χ2n) is 7.97. The van der Waals surface area contributed by atoms with Crippen LogP contribution in [0.25, 0.3) is 0 Å². The van der Waals surface area contributed by atoms with E-state index in [2.05, 4.69) is 56.4 Å². The van der Waals surface area contributed by atoms with Crippen molar-refractivity contribution in [2.75, 3.05) is 25.9 Å². The van der Waals surface area contributed by atoms with Gasteiger partial charge < -0.3 is 10.6 Å². The van der Waals surface area contributed by atoms with Gasteiger partial charge in [0.2, 0.25) is 10.0 Å². The number of guanidine groups is 1. The molecule has 3 N–H and O–H groups in total. The molecule has 3 rings (SSSR count). The summed E-state index contributed by atoms with van der Waals surface area (Å²) >= 11 is 0. The number of halogens is 1. The lowest BCUT2D eigenvalue weighted by molar-refractivity contribution is 0.258. The summed E-state index contributed by atoms with van der Waals surface area (Å²) in [7, 11) is -1.66. The van der Waals surface area contributed by atoms with E-state index in [1.165, 1.54) is 5.56 Å². The lowest BCUT2D eigenvalue weighted by Crippen LogP contribution is -2.46. The van der Waals surface area contributed by atoms with E-state index in [0.717, 1.165) is 25.1 Å². The molecule has 0 bridgehead atoms. The van der Waals surface area contributed by atoms with E-state index in [9.17, 15) is 8.42 Å². The third kappa shape index (κ3) is 8.68. The van der Waals surface area contributed by atoms with Crippen LogP contribution in [-0.2, 0) is 23.1 Å². The van der Waals surface area contributed by atoms with E-state index >= 15 is 0 Å². The zero-order valence-corrected chi connectivity index (χ0v) is 21.8. The number of sulfonamides is 1. The van der Waals surface area contributed by atoms with Gasteiger partial charge in [0.05, 0.1) is 5.75 Å². The summed E-state index contributed by atoms with van der Waals surface area (Å²) in [6.07, 6.45) is 1.02. The Kier molecular flexibility index (Phi) is 10.9. The van der Waals surface area contributed by atoms with Gasteiger partial charge in [0.25, 0.3) is 0 Å². The van der Waals surface area contributed by atoms with Crippen molar-refractivity contribution in [3.8, 4) is 0 Å². The van der Waals surface area contributed by atoms with E-state index in [1.807, 2.05) is 36.4 Å². The molecule has 1 heterocycles. The summed E-state index contributed by atoms with van der Waals surface area (Å²) in [5, 5.41) is 6.57. The summed E-state index contributed by atoms with van der Waals surface area (Å²) in [6, 6.07) is 20.7. The maximum Gasteiger partial charge on any atom is 0.213 e. The Hall–Kier alpha value is -1.69. The van der Waals surface area contributed by atoms with Gasteiger partial charge in [0.15, 0.2) is 5.96 Å². The molecule has 0 radical (unpaired) electrons. The van der Waals surface area contributed by atoms with E-state index in [4.69, 9.17) is 0 Å². The Bertz CT molecular complexity index is 941. The van der Waals surface area contributed by atoms with Crippen LogP contribution in [0.1, 0.15) is 24.5 Å². The molecule has 32 heavy (non-hydrogen) atoms. The smallest absolute Gasteiger partial charge is 0.213 e. The van der Waals surface area contributed by atoms with Crippen molar-refractivity contribution in [1.82, 2.24) is 20.3 Å². The first-order chi connectivity index (χ1) is 14.9. The molecular formula is C23H34IN5O2S. The van der Waals surface area contributed by atoms with Crippen molar-refractivity contribution >= 4 is 40.0 Å². The van der Waals surface area contributed by atoms with Gasteiger partial charge in [-0.1, -0.05) is 60.7 Å². The highest BCUT2D eigenvalue weighted by molar-refractivity contribution is 14.0. The van der Waals surface area contributed by atoms with Crippen molar-refractivity contribution < 1.29 is 8.42 Å². The molecule has 1 saturated heterocycles. The molecule has 0 saturated carbocycles. The zero-order chi connectivity index (χ0) is 22.1. The first-order valence-electron chi connectivity index (χ1n) is 10.7. The van der Waals surface area contributed by atoms with E-state index < -0.39 is 10.0 Å². The number of benzene rings is 2. The molecule has 2 unspecified atom stereocenters. The van der Waals surface area contributed by atoms with Gasteiger partial charge in [-0.25, -0.2) is 13.1 Å².